The Morgan fingerprint density at radius 3 is 2.33 bits per heavy atom. The van der Waals surface area contributed by atoms with E-state index in [1.165, 1.54) is 6.20 Å². The number of nitrogens with zero attached hydrogens (tertiary/aromatic N) is 4. The third kappa shape index (κ3) is 3.29. The van der Waals surface area contributed by atoms with Crippen LogP contribution in [0.5, 0.6) is 0 Å². The van der Waals surface area contributed by atoms with Gasteiger partial charge >= 0.3 is 0 Å². The lowest BCUT2D eigenvalue weighted by molar-refractivity contribution is 0.432. The van der Waals surface area contributed by atoms with Crippen LogP contribution < -0.4 is 5.32 Å². The van der Waals surface area contributed by atoms with Gasteiger partial charge in [-0.15, -0.1) is 0 Å². The third-order valence-electron chi connectivity index (χ3n) is 3.21. The molecule has 0 radical (unpaired) electrons. The standard InChI is InChI=1S/C18H11N5O/c19-10-13(11-20)12-21-16-8-6-15(7-9-16)18-22-17(23-24-18)14-4-2-1-3-5-14/h1-9,12,21H. The van der Waals surface area contributed by atoms with E-state index in [0.717, 1.165) is 16.8 Å². The van der Waals surface area contributed by atoms with Crippen molar-refractivity contribution in [2.75, 3.05) is 5.32 Å². The van der Waals surface area contributed by atoms with Crippen LogP contribution in [0.4, 0.5) is 5.69 Å². The van der Waals surface area contributed by atoms with E-state index in [0.29, 0.717) is 11.7 Å². The molecule has 0 unspecified atom stereocenters. The van der Waals surface area contributed by atoms with Crippen molar-refractivity contribution in [3.05, 3.63) is 66.4 Å². The molecule has 0 atom stereocenters. The smallest absolute Gasteiger partial charge is 0.258 e. The third-order valence-corrected chi connectivity index (χ3v) is 3.21. The van der Waals surface area contributed by atoms with E-state index in [1.54, 1.807) is 24.3 Å². The van der Waals surface area contributed by atoms with Gasteiger partial charge in [0.1, 0.15) is 17.7 Å². The van der Waals surface area contributed by atoms with Gasteiger partial charge in [-0.2, -0.15) is 15.5 Å². The van der Waals surface area contributed by atoms with Crippen molar-refractivity contribution in [1.82, 2.24) is 10.1 Å². The first kappa shape index (κ1) is 15.0. The molecule has 1 heterocycles. The molecular weight excluding hydrogens is 302 g/mol. The second-order valence-corrected chi connectivity index (χ2v) is 4.79. The van der Waals surface area contributed by atoms with Gasteiger partial charge in [0, 0.05) is 23.0 Å². The summed E-state index contributed by atoms with van der Waals surface area (Å²) in [6, 6.07) is 20.4. The number of hydrogen-bond donors (Lipinski definition) is 1. The molecule has 114 valence electrons. The van der Waals surface area contributed by atoms with E-state index in [1.807, 2.05) is 42.5 Å². The maximum absolute atomic E-state index is 8.68. The van der Waals surface area contributed by atoms with Crippen LogP contribution in [0.3, 0.4) is 0 Å². The largest absolute Gasteiger partial charge is 0.360 e. The van der Waals surface area contributed by atoms with Crippen molar-refractivity contribution in [3.8, 4) is 35.0 Å². The molecule has 0 bridgehead atoms. The van der Waals surface area contributed by atoms with Crippen molar-refractivity contribution in [2.45, 2.75) is 0 Å². The average Bonchev–Trinajstić information content (AvgIpc) is 3.14. The first-order valence-corrected chi connectivity index (χ1v) is 7.06. The molecule has 0 fully saturated rings. The fourth-order valence-electron chi connectivity index (χ4n) is 2.00. The van der Waals surface area contributed by atoms with Crippen LogP contribution in [-0.4, -0.2) is 10.1 Å². The fraction of sp³-hybridized carbons (Fsp3) is 0. The number of benzene rings is 2. The lowest BCUT2D eigenvalue weighted by Gasteiger charge is -2.01. The highest BCUT2D eigenvalue weighted by Gasteiger charge is 2.10. The normalized spacial score (nSPS) is 9.58. The molecule has 1 aromatic heterocycles. The highest BCUT2D eigenvalue weighted by Crippen LogP contribution is 2.23. The molecular formula is C18H11N5O. The molecule has 0 saturated heterocycles. The quantitative estimate of drug-likeness (QED) is 0.736. The average molecular weight is 313 g/mol. The maximum Gasteiger partial charge on any atom is 0.258 e. The number of nitrogens with one attached hydrogen (secondary N) is 1. The summed E-state index contributed by atoms with van der Waals surface area (Å²) in [6.45, 7) is 0. The Morgan fingerprint density at radius 1 is 0.958 bits per heavy atom. The first-order valence-electron chi connectivity index (χ1n) is 7.06. The first-order chi connectivity index (χ1) is 11.8. The summed E-state index contributed by atoms with van der Waals surface area (Å²) in [4.78, 5) is 4.38. The molecule has 0 aliphatic heterocycles. The van der Waals surface area contributed by atoms with Gasteiger partial charge in [0.2, 0.25) is 5.82 Å². The minimum absolute atomic E-state index is 0.00322. The molecule has 6 nitrogen and oxygen atoms in total. The number of rotatable bonds is 4. The van der Waals surface area contributed by atoms with E-state index in [4.69, 9.17) is 15.0 Å². The summed E-state index contributed by atoms with van der Waals surface area (Å²) in [5.41, 5.74) is 2.41. The fourth-order valence-corrected chi connectivity index (χ4v) is 2.00. The summed E-state index contributed by atoms with van der Waals surface area (Å²) in [5.74, 6) is 0.953. The van der Waals surface area contributed by atoms with Gasteiger partial charge in [-0.05, 0) is 24.3 Å². The van der Waals surface area contributed by atoms with Gasteiger partial charge < -0.3 is 9.84 Å². The van der Waals surface area contributed by atoms with Crippen molar-refractivity contribution in [2.24, 2.45) is 0 Å². The second-order valence-electron chi connectivity index (χ2n) is 4.79. The van der Waals surface area contributed by atoms with Gasteiger partial charge in [0.05, 0.1) is 0 Å². The molecule has 0 saturated carbocycles. The zero-order valence-electron chi connectivity index (χ0n) is 12.5. The highest BCUT2D eigenvalue weighted by molar-refractivity contribution is 5.62. The Labute approximate surface area is 138 Å². The lowest BCUT2D eigenvalue weighted by Crippen LogP contribution is -1.89. The zero-order chi connectivity index (χ0) is 16.8. The van der Waals surface area contributed by atoms with Gasteiger partial charge in [-0.25, -0.2) is 0 Å². The Morgan fingerprint density at radius 2 is 1.67 bits per heavy atom. The monoisotopic (exact) mass is 313 g/mol. The van der Waals surface area contributed by atoms with E-state index < -0.39 is 0 Å². The Hall–Kier alpha value is -3.90. The molecule has 3 aromatic rings. The minimum Gasteiger partial charge on any atom is -0.360 e. The molecule has 2 aromatic carbocycles. The zero-order valence-corrected chi connectivity index (χ0v) is 12.5. The van der Waals surface area contributed by atoms with Gasteiger partial charge in [-0.3, -0.25) is 0 Å². The van der Waals surface area contributed by atoms with E-state index in [-0.39, 0.29) is 5.57 Å². The second kappa shape index (κ2) is 6.91. The van der Waals surface area contributed by atoms with Crippen molar-refractivity contribution in [1.29, 1.82) is 10.5 Å². The molecule has 24 heavy (non-hydrogen) atoms. The Bertz CT molecular complexity index is 928. The van der Waals surface area contributed by atoms with Crippen LogP contribution in [0.1, 0.15) is 0 Å². The van der Waals surface area contributed by atoms with E-state index in [9.17, 15) is 0 Å². The summed E-state index contributed by atoms with van der Waals surface area (Å²) in [6.07, 6.45) is 1.36. The Balaban J connectivity index is 1.77. The predicted octanol–water partition coefficient (Wildman–Crippen LogP) is 3.75. The molecule has 6 heteroatoms. The summed E-state index contributed by atoms with van der Waals surface area (Å²) in [5, 5.41) is 24.2. The van der Waals surface area contributed by atoms with Crippen LogP contribution >= 0.6 is 0 Å². The maximum atomic E-state index is 8.68. The summed E-state index contributed by atoms with van der Waals surface area (Å²) in [7, 11) is 0. The molecule has 3 rings (SSSR count). The van der Waals surface area contributed by atoms with Crippen LogP contribution in [-0.2, 0) is 0 Å². The topological polar surface area (TPSA) is 98.5 Å². The SMILES string of the molecule is N#CC(C#N)=CNc1ccc(-c2nc(-c3ccccc3)no2)cc1. The molecule has 1 N–H and O–H groups in total. The van der Waals surface area contributed by atoms with Crippen LogP contribution in [0.25, 0.3) is 22.8 Å². The minimum atomic E-state index is 0.00322. The summed E-state index contributed by atoms with van der Waals surface area (Å²) < 4.78 is 5.30. The van der Waals surface area contributed by atoms with Crippen LogP contribution in [0.15, 0.2) is 70.9 Å². The van der Waals surface area contributed by atoms with Crippen LogP contribution in [0.2, 0.25) is 0 Å². The van der Waals surface area contributed by atoms with Gasteiger partial charge in [0.15, 0.2) is 0 Å². The Kier molecular flexibility index (Phi) is 4.32. The molecule has 0 aliphatic rings. The number of hydrogen-bond acceptors (Lipinski definition) is 6. The van der Waals surface area contributed by atoms with Gasteiger partial charge in [0.25, 0.3) is 5.89 Å². The number of nitriles is 2. The van der Waals surface area contributed by atoms with Gasteiger partial charge in [-0.1, -0.05) is 35.5 Å². The predicted molar refractivity (Wildman–Crippen MR) is 88.1 cm³/mol. The van der Waals surface area contributed by atoms with E-state index >= 15 is 0 Å². The van der Waals surface area contributed by atoms with Crippen molar-refractivity contribution < 1.29 is 4.52 Å². The number of aromatic nitrogens is 2. The van der Waals surface area contributed by atoms with E-state index in [2.05, 4.69) is 15.5 Å². The lowest BCUT2D eigenvalue weighted by atomic mass is 10.2. The number of anilines is 1. The number of allylic oxidation sites excluding steroid dienone is 1. The molecule has 0 aliphatic carbocycles. The molecule has 0 spiro atoms. The van der Waals surface area contributed by atoms with Crippen molar-refractivity contribution in [3.63, 3.8) is 0 Å². The highest BCUT2D eigenvalue weighted by atomic mass is 16.5. The molecule has 0 amide bonds. The van der Waals surface area contributed by atoms with Crippen molar-refractivity contribution >= 4 is 5.69 Å². The van der Waals surface area contributed by atoms with Crippen LogP contribution in [0, 0.1) is 22.7 Å². The summed E-state index contributed by atoms with van der Waals surface area (Å²) >= 11 is 0.